The van der Waals surface area contributed by atoms with Crippen LogP contribution in [0, 0.1) is 0 Å². The number of carbonyl (C=O) groups is 2. The number of ether oxygens (including phenoxy) is 1. The Bertz CT molecular complexity index is 849. The molecule has 0 aliphatic carbocycles. The average Bonchev–Trinajstić information content (AvgIpc) is 3.00. The van der Waals surface area contributed by atoms with Crippen molar-refractivity contribution in [3.63, 3.8) is 0 Å². The van der Waals surface area contributed by atoms with Gasteiger partial charge in [-0.25, -0.2) is 9.78 Å². The molecule has 1 N–H and O–H groups in total. The Morgan fingerprint density at radius 2 is 2.19 bits per heavy atom. The first kappa shape index (κ1) is 19.2. The minimum atomic E-state index is -1.42. The predicted octanol–water partition coefficient (Wildman–Crippen LogP) is 4.38. The van der Waals surface area contributed by atoms with Crippen molar-refractivity contribution in [1.82, 2.24) is 9.55 Å². The van der Waals surface area contributed by atoms with Crippen LogP contribution in [0.2, 0.25) is 5.02 Å². The van der Waals surface area contributed by atoms with Gasteiger partial charge in [-0.1, -0.05) is 31.0 Å². The van der Waals surface area contributed by atoms with E-state index in [4.69, 9.17) is 16.3 Å². The number of hydrogen-bond donors (Lipinski definition) is 1. The zero-order valence-electron chi connectivity index (χ0n) is 15.2. The highest BCUT2D eigenvalue weighted by atomic mass is 35.5. The summed E-state index contributed by atoms with van der Waals surface area (Å²) in [7, 11) is 0. The molecule has 0 bridgehead atoms. The number of hydrogen-bond acceptors (Lipinski definition) is 4. The molecule has 3 rings (SSSR count). The first-order valence-corrected chi connectivity index (χ1v) is 9.46. The van der Waals surface area contributed by atoms with Gasteiger partial charge >= 0.3 is 6.16 Å². The third kappa shape index (κ3) is 4.24. The van der Waals surface area contributed by atoms with E-state index in [1.165, 1.54) is 4.90 Å². The van der Waals surface area contributed by atoms with Crippen LogP contribution in [-0.4, -0.2) is 33.3 Å². The van der Waals surface area contributed by atoms with E-state index < -0.39 is 6.16 Å². The van der Waals surface area contributed by atoms with Gasteiger partial charge in [0.05, 0.1) is 0 Å². The number of carboxylic acid groups (broad SMARTS) is 1. The van der Waals surface area contributed by atoms with Crippen LogP contribution in [0.5, 0.6) is 5.88 Å². The molecule has 0 fully saturated rings. The summed E-state index contributed by atoms with van der Waals surface area (Å²) in [5.41, 5.74) is 0.422. The summed E-state index contributed by atoms with van der Waals surface area (Å²) in [6, 6.07) is 6.68. The Hall–Kier alpha value is -2.54. The molecule has 1 aliphatic heterocycles. The molecule has 27 heavy (non-hydrogen) atoms. The molecule has 0 unspecified atom stereocenters. The van der Waals surface area contributed by atoms with Crippen LogP contribution in [0.15, 0.2) is 24.3 Å². The number of aryl methyl sites for hydroxylation is 1. The molecule has 144 valence electrons. The van der Waals surface area contributed by atoms with Gasteiger partial charge in [0.2, 0.25) is 0 Å². The van der Waals surface area contributed by atoms with Gasteiger partial charge < -0.3 is 9.84 Å². The Balaban J connectivity index is 2.05. The summed E-state index contributed by atoms with van der Waals surface area (Å²) >= 11 is 6.03. The normalized spacial score (nSPS) is 13.1. The third-order valence-corrected chi connectivity index (χ3v) is 4.74. The Labute approximate surface area is 162 Å². The second-order valence-corrected chi connectivity index (χ2v) is 6.89. The van der Waals surface area contributed by atoms with Crippen molar-refractivity contribution in [2.24, 2.45) is 0 Å². The Kier molecular flexibility index (Phi) is 6.01. The monoisotopic (exact) mass is 391 g/mol. The fraction of sp³-hybridized carbons (Fsp3) is 0.421. The Morgan fingerprint density at radius 3 is 2.89 bits per heavy atom. The maximum Gasteiger partial charge on any atom is 0.512 e. The number of fused-ring (bicyclic) bond motifs is 1. The summed E-state index contributed by atoms with van der Waals surface area (Å²) in [5.74, 6) is 0.834. The first-order chi connectivity index (χ1) is 13.0. The van der Waals surface area contributed by atoms with E-state index in [1.54, 1.807) is 28.8 Å². The lowest BCUT2D eigenvalue weighted by molar-refractivity contribution is 0.0983. The summed E-state index contributed by atoms with van der Waals surface area (Å²) in [5, 5.41) is 9.64. The van der Waals surface area contributed by atoms with Crippen molar-refractivity contribution in [2.75, 3.05) is 11.4 Å². The van der Waals surface area contributed by atoms with Crippen molar-refractivity contribution in [3.05, 3.63) is 40.7 Å². The van der Waals surface area contributed by atoms with E-state index in [0.29, 0.717) is 23.7 Å². The molecule has 1 amide bonds. The highest BCUT2D eigenvalue weighted by Crippen LogP contribution is 2.34. The summed E-state index contributed by atoms with van der Waals surface area (Å²) < 4.78 is 6.81. The van der Waals surface area contributed by atoms with Gasteiger partial charge in [-0.05, 0) is 37.5 Å². The van der Waals surface area contributed by atoms with E-state index >= 15 is 0 Å². The predicted molar refractivity (Wildman–Crippen MR) is 102 cm³/mol. The van der Waals surface area contributed by atoms with Gasteiger partial charge in [-0.3, -0.25) is 14.3 Å². The molecular weight excluding hydrogens is 370 g/mol. The second kappa shape index (κ2) is 8.43. The third-order valence-electron chi connectivity index (χ3n) is 4.51. The number of anilines is 1. The highest BCUT2D eigenvalue weighted by Gasteiger charge is 2.30. The molecule has 2 heterocycles. The lowest BCUT2D eigenvalue weighted by atomic mass is 10.2. The van der Waals surface area contributed by atoms with Crippen molar-refractivity contribution >= 4 is 29.5 Å². The van der Waals surface area contributed by atoms with Crippen molar-refractivity contribution < 1.29 is 19.4 Å². The van der Waals surface area contributed by atoms with Crippen molar-refractivity contribution in [1.29, 1.82) is 0 Å². The lowest BCUT2D eigenvalue weighted by Crippen LogP contribution is -2.33. The minimum Gasteiger partial charge on any atom is -0.449 e. The molecule has 0 radical (unpaired) electrons. The number of aromatic nitrogens is 2. The number of halogens is 1. The summed E-state index contributed by atoms with van der Waals surface area (Å²) in [4.78, 5) is 30.5. The van der Waals surface area contributed by atoms with Crippen LogP contribution in [-0.2, 0) is 13.0 Å². The van der Waals surface area contributed by atoms with Gasteiger partial charge in [-0.2, -0.15) is 0 Å². The van der Waals surface area contributed by atoms with Crippen LogP contribution < -0.4 is 9.64 Å². The number of nitrogens with zero attached hydrogens (tertiary/aromatic N) is 3. The average molecular weight is 392 g/mol. The highest BCUT2D eigenvalue weighted by molar-refractivity contribution is 6.31. The number of unbranched alkanes of at least 4 members (excludes halogenated alkanes) is 1. The molecule has 0 atom stereocenters. The molecule has 1 aliphatic rings. The topological polar surface area (TPSA) is 84.7 Å². The largest absolute Gasteiger partial charge is 0.512 e. The van der Waals surface area contributed by atoms with Crippen LogP contribution in [0.1, 0.15) is 48.8 Å². The molecule has 0 saturated carbocycles. The molecule has 0 spiro atoms. The number of rotatable bonds is 6. The smallest absolute Gasteiger partial charge is 0.449 e. The van der Waals surface area contributed by atoms with E-state index in [-0.39, 0.29) is 17.6 Å². The SMILES string of the molecule is CCCCN(C(=O)c1cccc(Cl)c1)c1nc2n(c1OC(=O)O)CCCC2. The molecule has 7 nitrogen and oxygen atoms in total. The van der Waals surface area contributed by atoms with Gasteiger partial charge in [0.1, 0.15) is 5.82 Å². The fourth-order valence-corrected chi connectivity index (χ4v) is 3.39. The van der Waals surface area contributed by atoms with E-state index in [0.717, 1.165) is 37.9 Å². The van der Waals surface area contributed by atoms with Crippen molar-refractivity contribution in [2.45, 2.75) is 45.6 Å². The maximum atomic E-state index is 13.2. The number of amides is 1. The zero-order valence-corrected chi connectivity index (χ0v) is 15.9. The molecule has 1 aromatic carbocycles. The molecule has 0 saturated heterocycles. The molecule has 8 heteroatoms. The second-order valence-electron chi connectivity index (χ2n) is 6.45. The maximum absolute atomic E-state index is 13.2. The van der Waals surface area contributed by atoms with Gasteiger partial charge in [-0.15, -0.1) is 0 Å². The molecule has 1 aromatic heterocycles. The summed E-state index contributed by atoms with van der Waals surface area (Å²) in [6.07, 6.45) is 2.82. The first-order valence-electron chi connectivity index (χ1n) is 9.09. The van der Waals surface area contributed by atoms with Crippen molar-refractivity contribution in [3.8, 4) is 5.88 Å². The van der Waals surface area contributed by atoms with Gasteiger partial charge in [0, 0.05) is 30.1 Å². The quantitative estimate of drug-likeness (QED) is 0.739. The van der Waals surface area contributed by atoms with Gasteiger partial charge in [0.25, 0.3) is 11.8 Å². The zero-order chi connectivity index (χ0) is 19.4. The fourth-order valence-electron chi connectivity index (χ4n) is 3.20. The summed E-state index contributed by atoms with van der Waals surface area (Å²) in [6.45, 7) is 3.06. The molecule has 2 aromatic rings. The number of benzene rings is 1. The van der Waals surface area contributed by atoms with E-state index in [2.05, 4.69) is 4.98 Å². The van der Waals surface area contributed by atoms with Crippen LogP contribution in [0.4, 0.5) is 10.6 Å². The molecular formula is C19H22ClN3O4. The van der Waals surface area contributed by atoms with Crippen LogP contribution in [0.25, 0.3) is 0 Å². The lowest BCUT2D eigenvalue weighted by Gasteiger charge is -2.22. The number of imidazole rings is 1. The standard InChI is InChI=1S/C19H22ClN3O4/c1-2-3-10-23(17(24)13-7-6-8-14(20)12-13)16-18(27-19(25)26)22-11-5-4-9-15(22)21-16/h6-8,12H,2-5,9-11H2,1H3,(H,25,26). The van der Waals surface area contributed by atoms with E-state index in [1.807, 2.05) is 6.92 Å². The van der Waals surface area contributed by atoms with Crippen LogP contribution in [0.3, 0.4) is 0 Å². The van der Waals surface area contributed by atoms with Crippen LogP contribution >= 0.6 is 11.6 Å². The Morgan fingerprint density at radius 1 is 1.37 bits per heavy atom. The van der Waals surface area contributed by atoms with Gasteiger partial charge in [0.15, 0.2) is 5.82 Å². The van der Waals surface area contributed by atoms with E-state index in [9.17, 15) is 14.7 Å². The number of carbonyl (C=O) groups excluding carboxylic acids is 1. The minimum absolute atomic E-state index is 0.115.